The smallest absolute Gasteiger partial charge is 0.304 e. The highest BCUT2D eigenvalue weighted by molar-refractivity contribution is 9.10. The summed E-state index contributed by atoms with van der Waals surface area (Å²) in [4.78, 5) is 10.2. The SMILES string of the molecule is O=C(O)CCSCc1c(F)cc(Br)cc1F. The van der Waals surface area contributed by atoms with Crippen LogP contribution < -0.4 is 0 Å². The Morgan fingerprint density at radius 1 is 1.38 bits per heavy atom. The van der Waals surface area contributed by atoms with E-state index in [0.29, 0.717) is 10.2 Å². The summed E-state index contributed by atoms with van der Waals surface area (Å²) >= 11 is 4.18. The lowest BCUT2D eigenvalue weighted by Gasteiger charge is -2.05. The molecule has 1 aromatic carbocycles. The van der Waals surface area contributed by atoms with E-state index in [2.05, 4.69) is 15.9 Å². The average molecular weight is 311 g/mol. The molecule has 0 radical (unpaired) electrons. The minimum absolute atomic E-state index is 0.00949. The van der Waals surface area contributed by atoms with Gasteiger partial charge in [0, 0.05) is 21.5 Å². The van der Waals surface area contributed by atoms with Gasteiger partial charge in [0.05, 0.1) is 6.42 Å². The summed E-state index contributed by atoms with van der Waals surface area (Å²) in [7, 11) is 0. The fraction of sp³-hybridized carbons (Fsp3) is 0.300. The van der Waals surface area contributed by atoms with E-state index < -0.39 is 17.6 Å². The lowest BCUT2D eigenvalue weighted by atomic mass is 10.2. The highest BCUT2D eigenvalue weighted by Crippen LogP contribution is 2.23. The number of carboxylic acids is 1. The normalized spacial score (nSPS) is 10.4. The predicted octanol–water partition coefficient (Wildman–Crippen LogP) is 3.44. The quantitative estimate of drug-likeness (QED) is 0.847. The molecule has 0 spiro atoms. The molecule has 0 unspecified atom stereocenters. The predicted molar refractivity (Wildman–Crippen MR) is 62.5 cm³/mol. The summed E-state index contributed by atoms with van der Waals surface area (Å²) in [5, 5.41) is 8.39. The van der Waals surface area contributed by atoms with Crippen LogP contribution in [-0.2, 0) is 10.5 Å². The summed E-state index contributed by atoms with van der Waals surface area (Å²) in [5.74, 6) is -1.67. The second-order valence-electron chi connectivity index (χ2n) is 3.04. The van der Waals surface area contributed by atoms with Crippen LogP contribution in [0.4, 0.5) is 8.78 Å². The van der Waals surface area contributed by atoms with Gasteiger partial charge in [-0.3, -0.25) is 4.79 Å². The molecule has 0 saturated carbocycles. The van der Waals surface area contributed by atoms with Crippen molar-refractivity contribution in [2.45, 2.75) is 12.2 Å². The average Bonchev–Trinajstić information content (AvgIpc) is 2.14. The van der Waals surface area contributed by atoms with Gasteiger partial charge in [-0.15, -0.1) is 0 Å². The molecule has 0 aliphatic rings. The van der Waals surface area contributed by atoms with Crippen molar-refractivity contribution in [3.05, 3.63) is 33.8 Å². The third kappa shape index (κ3) is 4.09. The fourth-order valence-electron chi connectivity index (χ4n) is 1.04. The molecule has 0 saturated heterocycles. The fourth-order valence-corrected chi connectivity index (χ4v) is 2.39. The van der Waals surface area contributed by atoms with E-state index in [1.165, 1.54) is 23.9 Å². The molecule has 16 heavy (non-hydrogen) atoms. The van der Waals surface area contributed by atoms with Gasteiger partial charge < -0.3 is 5.11 Å². The third-order valence-corrected chi connectivity index (χ3v) is 3.26. The Balaban J connectivity index is 2.57. The first-order valence-electron chi connectivity index (χ1n) is 4.43. The molecule has 0 aromatic heterocycles. The van der Waals surface area contributed by atoms with Crippen LogP contribution in [-0.4, -0.2) is 16.8 Å². The Labute approximate surface area is 104 Å². The summed E-state index contributed by atoms with van der Waals surface area (Å²) in [6, 6.07) is 2.38. The van der Waals surface area contributed by atoms with E-state index in [9.17, 15) is 13.6 Å². The summed E-state index contributed by atoms with van der Waals surface area (Å²) in [5.41, 5.74) is -0.0152. The van der Waals surface area contributed by atoms with Crippen LogP contribution in [0, 0.1) is 11.6 Å². The van der Waals surface area contributed by atoms with E-state index in [0.717, 1.165) is 0 Å². The first kappa shape index (κ1) is 13.4. The lowest BCUT2D eigenvalue weighted by molar-refractivity contribution is -0.136. The molecular formula is C10H9BrF2O2S. The Hall–Kier alpha value is -0.620. The monoisotopic (exact) mass is 310 g/mol. The van der Waals surface area contributed by atoms with Gasteiger partial charge in [0.2, 0.25) is 0 Å². The zero-order valence-electron chi connectivity index (χ0n) is 8.17. The molecule has 0 amide bonds. The molecule has 2 nitrogen and oxygen atoms in total. The van der Waals surface area contributed by atoms with Gasteiger partial charge in [-0.25, -0.2) is 8.78 Å². The van der Waals surface area contributed by atoms with Crippen molar-refractivity contribution in [3.8, 4) is 0 Å². The minimum atomic E-state index is -0.913. The van der Waals surface area contributed by atoms with Gasteiger partial charge in [0.15, 0.2) is 0 Å². The van der Waals surface area contributed by atoms with Crippen LogP contribution in [0.5, 0.6) is 0 Å². The number of hydrogen-bond acceptors (Lipinski definition) is 2. The van der Waals surface area contributed by atoms with Crippen LogP contribution >= 0.6 is 27.7 Å². The van der Waals surface area contributed by atoms with Crippen molar-refractivity contribution in [3.63, 3.8) is 0 Å². The summed E-state index contributed by atoms with van der Waals surface area (Å²) < 4.78 is 26.9. The Kier molecular flexibility index (Phi) is 5.21. The highest BCUT2D eigenvalue weighted by atomic mass is 79.9. The molecule has 1 N–H and O–H groups in total. The Morgan fingerprint density at radius 3 is 2.44 bits per heavy atom. The Morgan fingerprint density at radius 2 is 1.94 bits per heavy atom. The first-order chi connectivity index (χ1) is 7.50. The standard InChI is InChI=1S/C10H9BrF2O2S/c11-6-3-8(12)7(9(13)4-6)5-16-2-1-10(14)15/h3-4H,1-2,5H2,(H,14,15). The van der Waals surface area contributed by atoms with E-state index in [1.54, 1.807) is 0 Å². The number of benzene rings is 1. The number of carbonyl (C=O) groups is 1. The number of halogens is 3. The highest BCUT2D eigenvalue weighted by Gasteiger charge is 2.10. The van der Waals surface area contributed by atoms with E-state index in [4.69, 9.17) is 5.11 Å². The zero-order chi connectivity index (χ0) is 12.1. The van der Waals surface area contributed by atoms with Gasteiger partial charge in [0.1, 0.15) is 11.6 Å². The van der Waals surface area contributed by atoms with Gasteiger partial charge in [-0.2, -0.15) is 11.8 Å². The van der Waals surface area contributed by atoms with Crippen LogP contribution in [0.25, 0.3) is 0 Å². The Bertz CT molecular complexity index is 375. The first-order valence-corrected chi connectivity index (χ1v) is 6.38. The maximum atomic E-state index is 13.3. The maximum absolute atomic E-state index is 13.3. The van der Waals surface area contributed by atoms with Crippen LogP contribution in [0.2, 0.25) is 0 Å². The number of aliphatic carboxylic acids is 1. The largest absolute Gasteiger partial charge is 0.481 e. The van der Waals surface area contributed by atoms with Crippen molar-refractivity contribution >= 4 is 33.7 Å². The van der Waals surface area contributed by atoms with E-state index >= 15 is 0 Å². The van der Waals surface area contributed by atoms with Gasteiger partial charge >= 0.3 is 5.97 Å². The molecule has 0 aliphatic carbocycles. The summed E-state index contributed by atoms with van der Waals surface area (Å²) in [6.07, 6.45) is -0.00949. The van der Waals surface area contributed by atoms with Gasteiger partial charge in [-0.05, 0) is 12.1 Å². The van der Waals surface area contributed by atoms with Crippen molar-refractivity contribution in [2.75, 3.05) is 5.75 Å². The molecule has 88 valence electrons. The molecular weight excluding hydrogens is 302 g/mol. The molecule has 0 heterocycles. The molecule has 6 heteroatoms. The zero-order valence-corrected chi connectivity index (χ0v) is 10.6. The van der Waals surface area contributed by atoms with Crippen molar-refractivity contribution in [2.24, 2.45) is 0 Å². The van der Waals surface area contributed by atoms with Crippen LogP contribution in [0.3, 0.4) is 0 Å². The minimum Gasteiger partial charge on any atom is -0.481 e. The lowest BCUT2D eigenvalue weighted by Crippen LogP contribution is -1.98. The van der Waals surface area contributed by atoms with E-state index in [1.807, 2.05) is 0 Å². The molecule has 0 aliphatic heterocycles. The topological polar surface area (TPSA) is 37.3 Å². The van der Waals surface area contributed by atoms with Gasteiger partial charge in [-0.1, -0.05) is 15.9 Å². The number of rotatable bonds is 5. The van der Waals surface area contributed by atoms with Crippen molar-refractivity contribution in [1.82, 2.24) is 0 Å². The van der Waals surface area contributed by atoms with Crippen molar-refractivity contribution < 1.29 is 18.7 Å². The molecule has 1 aromatic rings. The second kappa shape index (κ2) is 6.20. The number of carboxylic acid groups (broad SMARTS) is 1. The van der Waals surface area contributed by atoms with Crippen molar-refractivity contribution in [1.29, 1.82) is 0 Å². The third-order valence-electron chi connectivity index (χ3n) is 1.81. The second-order valence-corrected chi connectivity index (χ2v) is 5.07. The van der Waals surface area contributed by atoms with Gasteiger partial charge in [0.25, 0.3) is 0 Å². The summed E-state index contributed by atoms with van der Waals surface area (Å²) in [6.45, 7) is 0. The van der Waals surface area contributed by atoms with Crippen LogP contribution in [0.1, 0.15) is 12.0 Å². The van der Waals surface area contributed by atoms with E-state index in [-0.39, 0.29) is 17.7 Å². The molecule has 0 atom stereocenters. The number of hydrogen-bond donors (Lipinski definition) is 1. The molecule has 0 fully saturated rings. The maximum Gasteiger partial charge on any atom is 0.304 e. The molecule has 1 rings (SSSR count). The van der Waals surface area contributed by atoms with Crippen LogP contribution in [0.15, 0.2) is 16.6 Å². The molecule has 0 bridgehead atoms. The number of thioether (sulfide) groups is 1.